The van der Waals surface area contributed by atoms with Crippen molar-refractivity contribution in [2.75, 3.05) is 20.7 Å². The fourth-order valence-corrected chi connectivity index (χ4v) is 1.68. The van der Waals surface area contributed by atoms with Crippen LogP contribution in [0.15, 0.2) is 24.3 Å². The van der Waals surface area contributed by atoms with Gasteiger partial charge in [-0.2, -0.15) is 0 Å². The van der Waals surface area contributed by atoms with E-state index in [0.717, 1.165) is 5.56 Å². The third-order valence-corrected chi connectivity index (χ3v) is 2.88. The summed E-state index contributed by atoms with van der Waals surface area (Å²) in [5.74, 6) is -0.881. The number of hydrogen-bond donors (Lipinski definition) is 1. The Labute approximate surface area is 112 Å². The molecule has 19 heavy (non-hydrogen) atoms. The van der Waals surface area contributed by atoms with Crippen molar-refractivity contribution in [2.24, 2.45) is 5.92 Å². The molecule has 0 heterocycles. The highest BCUT2D eigenvalue weighted by Gasteiger charge is 2.17. The first-order chi connectivity index (χ1) is 8.93. The summed E-state index contributed by atoms with van der Waals surface area (Å²) in [7, 11) is 3.18. The molecule has 1 N–H and O–H groups in total. The van der Waals surface area contributed by atoms with Crippen LogP contribution in [0, 0.1) is 5.92 Å². The zero-order chi connectivity index (χ0) is 14.4. The summed E-state index contributed by atoms with van der Waals surface area (Å²) in [6.45, 7) is 1.79. The molecule has 0 saturated heterocycles. The number of likely N-dealkylation sites (N-methyl/N-ethyl adjacent to an activating group) is 1. The van der Waals surface area contributed by atoms with Crippen molar-refractivity contribution in [3.8, 4) is 5.75 Å². The molecule has 1 unspecified atom stereocenters. The first kappa shape index (κ1) is 15.0. The van der Waals surface area contributed by atoms with E-state index in [-0.39, 0.29) is 18.9 Å². The zero-order valence-corrected chi connectivity index (χ0v) is 11.4. The Morgan fingerprint density at radius 3 is 2.68 bits per heavy atom. The van der Waals surface area contributed by atoms with Crippen LogP contribution in [-0.4, -0.2) is 42.6 Å². The molecule has 1 aromatic carbocycles. The van der Waals surface area contributed by atoms with E-state index in [9.17, 15) is 9.59 Å². The van der Waals surface area contributed by atoms with Gasteiger partial charge in [-0.1, -0.05) is 19.1 Å². The minimum absolute atomic E-state index is 0.110. The van der Waals surface area contributed by atoms with Gasteiger partial charge < -0.3 is 14.7 Å². The first-order valence-electron chi connectivity index (χ1n) is 6.03. The minimum atomic E-state index is -0.902. The van der Waals surface area contributed by atoms with E-state index in [2.05, 4.69) is 0 Å². The highest BCUT2D eigenvalue weighted by atomic mass is 16.5. The molecule has 0 spiro atoms. The fraction of sp³-hybridized carbons (Fsp3) is 0.429. The third-order valence-electron chi connectivity index (χ3n) is 2.88. The summed E-state index contributed by atoms with van der Waals surface area (Å²) in [4.78, 5) is 24.1. The van der Waals surface area contributed by atoms with Crippen molar-refractivity contribution in [3.05, 3.63) is 29.8 Å². The Morgan fingerprint density at radius 1 is 1.42 bits per heavy atom. The second-order valence-corrected chi connectivity index (χ2v) is 4.54. The molecule has 104 valence electrons. The molecule has 1 aromatic rings. The summed E-state index contributed by atoms with van der Waals surface area (Å²) >= 11 is 0. The van der Waals surface area contributed by atoms with E-state index in [0.29, 0.717) is 5.75 Å². The summed E-state index contributed by atoms with van der Waals surface area (Å²) < 4.78 is 5.09. The maximum absolute atomic E-state index is 12.0. The average Bonchev–Trinajstić information content (AvgIpc) is 2.38. The molecule has 1 amide bonds. The molecule has 5 nitrogen and oxygen atoms in total. The normalized spacial score (nSPS) is 11.7. The van der Waals surface area contributed by atoms with Crippen molar-refractivity contribution >= 4 is 11.9 Å². The van der Waals surface area contributed by atoms with E-state index < -0.39 is 11.9 Å². The van der Waals surface area contributed by atoms with E-state index >= 15 is 0 Å². The van der Waals surface area contributed by atoms with E-state index in [1.165, 1.54) is 4.90 Å². The maximum Gasteiger partial charge on any atom is 0.308 e. The molecule has 0 saturated carbocycles. The third kappa shape index (κ3) is 4.62. The molecule has 0 aliphatic carbocycles. The number of carboxylic acid groups (broad SMARTS) is 1. The van der Waals surface area contributed by atoms with Crippen LogP contribution in [0.1, 0.15) is 12.5 Å². The standard InChI is InChI=1S/C14H19NO4/c1-10(14(17)18)9-15(2)13(16)8-11-5-4-6-12(7-11)19-3/h4-7,10H,8-9H2,1-3H3,(H,17,18). The van der Waals surface area contributed by atoms with Crippen LogP contribution in [0.4, 0.5) is 0 Å². The van der Waals surface area contributed by atoms with Crippen LogP contribution < -0.4 is 4.74 Å². The van der Waals surface area contributed by atoms with Gasteiger partial charge in [0.2, 0.25) is 5.91 Å². The second kappa shape index (κ2) is 6.78. The van der Waals surface area contributed by atoms with Crippen LogP contribution in [0.3, 0.4) is 0 Å². The Kier molecular flexibility index (Phi) is 5.36. The number of aliphatic carboxylic acids is 1. The molecular formula is C14H19NO4. The van der Waals surface area contributed by atoms with Gasteiger partial charge in [0.05, 0.1) is 19.4 Å². The summed E-state index contributed by atoms with van der Waals surface area (Å²) in [5, 5.41) is 8.82. The maximum atomic E-state index is 12.0. The Balaban J connectivity index is 2.60. The van der Waals surface area contributed by atoms with Gasteiger partial charge in [-0.15, -0.1) is 0 Å². The van der Waals surface area contributed by atoms with Gasteiger partial charge in [0, 0.05) is 13.6 Å². The van der Waals surface area contributed by atoms with Gasteiger partial charge in [-0.25, -0.2) is 0 Å². The molecular weight excluding hydrogens is 246 g/mol. The predicted molar refractivity (Wildman–Crippen MR) is 71.1 cm³/mol. The molecule has 0 aliphatic rings. The van der Waals surface area contributed by atoms with Gasteiger partial charge >= 0.3 is 5.97 Å². The number of carboxylic acids is 1. The van der Waals surface area contributed by atoms with Crippen LogP contribution in [0.25, 0.3) is 0 Å². The Morgan fingerprint density at radius 2 is 2.11 bits per heavy atom. The smallest absolute Gasteiger partial charge is 0.308 e. The number of benzene rings is 1. The lowest BCUT2D eigenvalue weighted by molar-refractivity contribution is -0.142. The number of carbonyl (C=O) groups excluding carboxylic acids is 1. The average molecular weight is 265 g/mol. The summed E-state index contributed by atoms with van der Waals surface area (Å²) in [5.41, 5.74) is 0.846. The number of methoxy groups -OCH3 is 1. The highest BCUT2D eigenvalue weighted by molar-refractivity contribution is 5.79. The van der Waals surface area contributed by atoms with Gasteiger partial charge in [-0.05, 0) is 17.7 Å². The molecule has 0 bridgehead atoms. The molecule has 1 rings (SSSR count). The lowest BCUT2D eigenvalue weighted by atomic mass is 10.1. The van der Waals surface area contributed by atoms with Crippen LogP contribution >= 0.6 is 0 Å². The first-order valence-corrected chi connectivity index (χ1v) is 6.03. The van der Waals surface area contributed by atoms with Crippen molar-refractivity contribution in [1.82, 2.24) is 4.90 Å². The van der Waals surface area contributed by atoms with E-state index in [1.54, 1.807) is 27.1 Å². The van der Waals surface area contributed by atoms with Gasteiger partial charge in [0.15, 0.2) is 0 Å². The molecule has 5 heteroatoms. The summed E-state index contributed by atoms with van der Waals surface area (Å²) in [6, 6.07) is 7.27. The van der Waals surface area contributed by atoms with Gasteiger partial charge in [-0.3, -0.25) is 9.59 Å². The van der Waals surface area contributed by atoms with Crippen LogP contribution in [-0.2, 0) is 16.0 Å². The largest absolute Gasteiger partial charge is 0.497 e. The molecule has 0 aliphatic heterocycles. The number of hydrogen-bond acceptors (Lipinski definition) is 3. The van der Waals surface area contributed by atoms with E-state index in [4.69, 9.17) is 9.84 Å². The van der Waals surface area contributed by atoms with Crippen molar-refractivity contribution < 1.29 is 19.4 Å². The number of amides is 1. The lowest BCUT2D eigenvalue weighted by Crippen LogP contribution is -2.34. The molecule has 0 fully saturated rings. The quantitative estimate of drug-likeness (QED) is 0.844. The van der Waals surface area contributed by atoms with Gasteiger partial charge in [0.1, 0.15) is 5.75 Å². The van der Waals surface area contributed by atoms with Crippen LogP contribution in [0.5, 0.6) is 5.75 Å². The Bertz CT molecular complexity index is 459. The minimum Gasteiger partial charge on any atom is -0.497 e. The Hall–Kier alpha value is -2.04. The number of ether oxygens (including phenoxy) is 1. The second-order valence-electron chi connectivity index (χ2n) is 4.54. The molecule has 1 atom stereocenters. The number of nitrogens with zero attached hydrogens (tertiary/aromatic N) is 1. The van der Waals surface area contributed by atoms with Crippen molar-refractivity contribution in [2.45, 2.75) is 13.3 Å². The van der Waals surface area contributed by atoms with Crippen molar-refractivity contribution in [1.29, 1.82) is 0 Å². The molecule has 0 radical (unpaired) electrons. The fourth-order valence-electron chi connectivity index (χ4n) is 1.68. The monoisotopic (exact) mass is 265 g/mol. The SMILES string of the molecule is COc1cccc(CC(=O)N(C)CC(C)C(=O)O)c1. The molecule has 0 aromatic heterocycles. The predicted octanol–water partition coefficient (Wildman–Crippen LogP) is 1.42. The van der Waals surface area contributed by atoms with E-state index in [1.807, 2.05) is 18.2 Å². The lowest BCUT2D eigenvalue weighted by Gasteiger charge is -2.19. The number of rotatable bonds is 6. The summed E-state index contributed by atoms with van der Waals surface area (Å²) in [6.07, 6.45) is 0.236. The topological polar surface area (TPSA) is 66.8 Å². The highest BCUT2D eigenvalue weighted by Crippen LogP contribution is 2.13. The van der Waals surface area contributed by atoms with Gasteiger partial charge in [0.25, 0.3) is 0 Å². The van der Waals surface area contributed by atoms with Crippen LogP contribution in [0.2, 0.25) is 0 Å². The van der Waals surface area contributed by atoms with Crippen molar-refractivity contribution in [3.63, 3.8) is 0 Å². The number of carbonyl (C=O) groups is 2. The zero-order valence-electron chi connectivity index (χ0n) is 11.4.